The summed E-state index contributed by atoms with van der Waals surface area (Å²) in [5, 5.41) is 8.76. The Bertz CT molecular complexity index is 242. The molecule has 0 radical (unpaired) electrons. The fraction of sp³-hybridized carbons (Fsp3) is 0.778. The van der Waals surface area contributed by atoms with Crippen molar-refractivity contribution in [1.29, 1.82) is 0 Å². The lowest BCUT2D eigenvalue weighted by Gasteiger charge is -2.21. The fourth-order valence-electron chi connectivity index (χ4n) is 1.57. The van der Waals surface area contributed by atoms with Gasteiger partial charge >= 0.3 is 12.0 Å². The number of carbonyl (C=O) groups is 2. The Balaban J connectivity index is 2.59. The molecule has 1 unspecified atom stereocenters. The summed E-state index contributed by atoms with van der Waals surface area (Å²) in [7, 11) is 0. The van der Waals surface area contributed by atoms with Crippen molar-refractivity contribution in [2.45, 2.75) is 26.3 Å². The molecule has 5 heteroatoms. The number of carboxylic acids is 1. The van der Waals surface area contributed by atoms with Crippen molar-refractivity contribution >= 4 is 12.0 Å². The summed E-state index contributed by atoms with van der Waals surface area (Å²) < 4.78 is 0. The first-order valence-corrected chi connectivity index (χ1v) is 4.86. The number of amides is 2. The Hall–Kier alpha value is -1.26. The van der Waals surface area contributed by atoms with Gasteiger partial charge in [0.25, 0.3) is 0 Å². The molecule has 1 rings (SSSR count). The third-order valence-electron chi connectivity index (χ3n) is 2.45. The van der Waals surface area contributed by atoms with Gasteiger partial charge in [-0.05, 0) is 13.3 Å². The number of hydrogen-bond donors (Lipinski definition) is 1. The van der Waals surface area contributed by atoms with Gasteiger partial charge in [-0.2, -0.15) is 0 Å². The molecule has 0 aromatic rings. The van der Waals surface area contributed by atoms with Crippen LogP contribution in [-0.2, 0) is 4.79 Å². The number of rotatable bonds is 4. The molecule has 1 heterocycles. The van der Waals surface area contributed by atoms with E-state index in [0.717, 1.165) is 6.42 Å². The molecule has 0 aliphatic carbocycles. The highest BCUT2D eigenvalue weighted by molar-refractivity contribution is 5.83. The topological polar surface area (TPSA) is 60.9 Å². The molecule has 0 aromatic heterocycles. The molecule has 80 valence electrons. The number of carbonyl (C=O) groups excluding carboxylic acids is 1. The average Bonchev–Trinajstić information content (AvgIpc) is 2.48. The van der Waals surface area contributed by atoms with Gasteiger partial charge in [0.05, 0.1) is 0 Å². The minimum atomic E-state index is -0.948. The standard InChI is InChI=1S/C9H16N2O3/c1-3-4-10-5-6-11(9(10)14)7(2)8(12)13/h7H,3-6H2,1-2H3,(H,12,13). The largest absolute Gasteiger partial charge is 0.480 e. The monoisotopic (exact) mass is 200 g/mol. The molecular formula is C9H16N2O3. The molecule has 1 saturated heterocycles. The first kappa shape index (κ1) is 10.8. The van der Waals surface area contributed by atoms with Crippen LogP contribution < -0.4 is 0 Å². The SMILES string of the molecule is CCCN1CCN(C(C)C(=O)O)C1=O. The van der Waals surface area contributed by atoms with Gasteiger partial charge in [0, 0.05) is 19.6 Å². The van der Waals surface area contributed by atoms with Gasteiger partial charge in [-0.25, -0.2) is 9.59 Å². The van der Waals surface area contributed by atoms with Gasteiger partial charge in [-0.1, -0.05) is 6.92 Å². The molecule has 0 bridgehead atoms. The number of hydrogen-bond acceptors (Lipinski definition) is 2. The lowest BCUT2D eigenvalue weighted by atomic mass is 10.3. The van der Waals surface area contributed by atoms with Crippen LogP contribution in [0.15, 0.2) is 0 Å². The van der Waals surface area contributed by atoms with Gasteiger partial charge in [0.2, 0.25) is 0 Å². The van der Waals surface area contributed by atoms with Gasteiger partial charge in [0.15, 0.2) is 0 Å². The van der Waals surface area contributed by atoms with Crippen LogP contribution in [-0.4, -0.2) is 52.6 Å². The average molecular weight is 200 g/mol. The number of carboxylic acid groups (broad SMARTS) is 1. The van der Waals surface area contributed by atoms with E-state index in [9.17, 15) is 9.59 Å². The summed E-state index contributed by atoms with van der Waals surface area (Å²) in [6.07, 6.45) is 0.904. The second-order valence-corrected chi connectivity index (χ2v) is 3.48. The summed E-state index contributed by atoms with van der Waals surface area (Å²) in [6, 6.07) is -0.869. The number of urea groups is 1. The van der Waals surface area contributed by atoms with Crippen LogP contribution in [0.3, 0.4) is 0 Å². The van der Waals surface area contributed by atoms with E-state index in [-0.39, 0.29) is 6.03 Å². The Morgan fingerprint density at radius 1 is 1.57 bits per heavy atom. The van der Waals surface area contributed by atoms with Gasteiger partial charge in [-0.3, -0.25) is 0 Å². The van der Waals surface area contributed by atoms with Crippen LogP contribution in [0.4, 0.5) is 4.79 Å². The number of aliphatic carboxylic acids is 1. The summed E-state index contributed by atoms with van der Waals surface area (Å²) >= 11 is 0. The summed E-state index contributed by atoms with van der Waals surface area (Å²) in [5.41, 5.74) is 0. The summed E-state index contributed by atoms with van der Waals surface area (Å²) in [5.74, 6) is -0.948. The quantitative estimate of drug-likeness (QED) is 0.723. The number of nitrogens with zero attached hydrogens (tertiary/aromatic N) is 2. The first-order valence-electron chi connectivity index (χ1n) is 4.86. The highest BCUT2D eigenvalue weighted by Gasteiger charge is 2.33. The van der Waals surface area contributed by atoms with Crippen LogP contribution in [0, 0.1) is 0 Å². The molecule has 0 spiro atoms. The highest BCUT2D eigenvalue weighted by atomic mass is 16.4. The minimum absolute atomic E-state index is 0.151. The first-order chi connectivity index (χ1) is 6.57. The fourth-order valence-corrected chi connectivity index (χ4v) is 1.57. The molecule has 1 fully saturated rings. The van der Waals surface area contributed by atoms with Crippen molar-refractivity contribution in [3.8, 4) is 0 Å². The van der Waals surface area contributed by atoms with Crippen molar-refractivity contribution in [2.24, 2.45) is 0 Å². The van der Waals surface area contributed by atoms with Crippen molar-refractivity contribution in [1.82, 2.24) is 9.80 Å². The van der Waals surface area contributed by atoms with Crippen LogP contribution >= 0.6 is 0 Å². The smallest absolute Gasteiger partial charge is 0.326 e. The zero-order valence-corrected chi connectivity index (χ0v) is 8.56. The van der Waals surface area contributed by atoms with E-state index in [1.54, 1.807) is 4.90 Å². The lowest BCUT2D eigenvalue weighted by Crippen LogP contribution is -2.42. The lowest BCUT2D eigenvalue weighted by molar-refractivity contribution is -0.141. The molecule has 2 amide bonds. The van der Waals surface area contributed by atoms with Crippen LogP contribution in [0.2, 0.25) is 0 Å². The maximum Gasteiger partial charge on any atom is 0.326 e. The van der Waals surface area contributed by atoms with E-state index in [1.807, 2.05) is 6.92 Å². The zero-order valence-electron chi connectivity index (χ0n) is 8.56. The predicted octanol–water partition coefficient (Wildman–Crippen LogP) is 0.607. The van der Waals surface area contributed by atoms with Gasteiger partial charge in [-0.15, -0.1) is 0 Å². The molecule has 1 aliphatic rings. The second kappa shape index (κ2) is 4.30. The third-order valence-corrected chi connectivity index (χ3v) is 2.45. The molecule has 5 nitrogen and oxygen atoms in total. The van der Waals surface area contributed by atoms with Gasteiger partial charge in [0.1, 0.15) is 6.04 Å². The maximum absolute atomic E-state index is 11.6. The molecule has 14 heavy (non-hydrogen) atoms. The normalized spacial score (nSPS) is 18.9. The van der Waals surface area contributed by atoms with Crippen molar-refractivity contribution in [3.05, 3.63) is 0 Å². The van der Waals surface area contributed by atoms with Crippen molar-refractivity contribution in [3.63, 3.8) is 0 Å². The van der Waals surface area contributed by atoms with Crippen LogP contribution in [0.25, 0.3) is 0 Å². The predicted molar refractivity (Wildman–Crippen MR) is 51.1 cm³/mol. The molecule has 0 saturated carbocycles. The van der Waals surface area contributed by atoms with E-state index in [0.29, 0.717) is 19.6 Å². The third kappa shape index (κ3) is 1.97. The molecular weight excluding hydrogens is 184 g/mol. The summed E-state index contributed by atoms with van der Waals surface area (Å²) in [6.45, 7) is 5.41. The maximum atomic E-state index is 11.6. The zero-order chi connectivity index (χ0) is 10.7. The Labute approximate surface area is 83.3 Å². The van der Waals surface area contributed by atoms with Crippen molar-refractivity contribution < 1.29 is 14.7 Å². The molecule has 0 aromatic carbocycles. The highest BCUT2D eigenvalue weighted by Crippen LogP contribution is 2.12. The molecule has 1 aliphatic heterocycles. The van der Waals surface area contributed by atoms with E-state index < -0.39 is 12.0 Å². The van der Waals surface area contributed by atoms with E-state index in [2.05, 4.69) is 0 Å². The molecule has 1 atom stereocenters. The van der Waals surface area contributed by atoms with E-state index in [1.165, 1.54) is 11.8 Å². The summed E-state index contributed by atoms with van der Waals surface area (Å²) in [4.78, 5) is 25.4. The molecule has 1 N–H and O–H groups in total. The van der Waals surface area contributed by atoms with Gasteiger partial charge < -0.3 is 14.9 Å². The van der Waals surface area contributed by atoms with E-state index in [4.69, 9.17) is 5.11 Å². The van der Waals surface area contributed by atoms with Crippen molar-refractivity contribution in [2.75, 3.05) is 19.6 Å². The van der Waals surface area contributed by atoms with Crippen LogP contribution in [0.1, 0.15) is 20.3 Å². The Morgan fingerprint density at radius 2 is 2.21 bits per heavy atom. The second-order valence-electron chi connectivity index (χ2n) is 3.48. The minimum Gasteiger partial charge on any atom is -0.480 e. The Morgan fingerprint density at radius 3 is 2.71 bits per heavy atom. The van der Waals surface area contributed by atoms with E-state index >= 15 is 0 Å². The van der Waals surface area contributed by atoms with Crippen LogP contribution in [0.5, 0.6) is 0 Å². The Kier molecular flexibility index (Phi) is 3.33.